The van der Waals surface area contributed by atoms with Crippen molar-refractivity contribution in [3.8, 4) is 0 Å². The van der Waals surface area contributed by atoms with Crippen LogP contribution in [0.3, 0.4) is 0 Å². The Morgan fingerprint density at radius 3 is 2.80 bits per heavy atom. The standard InChI is InChI=1S/C12H13N3O4S/c1-8-10(6-13-15-8)7-14-20(18,19)11-4-2-3-9(5-11)12(16)17/h2-6,14H,7H2,1H3,(H,13,15)(H,16,17). The highest BCUT2D eigenvalue weighted by Crippen LogP contribution is 2.12. The number of nitrogens with zero attached hydrogens (tertiary/aromatic N) is 1. The number of nitrogens with one attached hydrogen (secondary N) is 2. The molecule has 0 bridgehead atoms. The molecule has 0 radical (unpaired) electrons. The lowest BCUT2D eigenvalue weighted by molar-refractivity contribution is 0.0696. The molecule has 1 heterocycles. The van der Waals surface area contributed by atoms with Crippen molar-refractivity contribution >= 4 is 16.0 Å². The zero-order chi connectivity index (χ0) is 14.8. The van der Waals surface area contributed by atoms with E-state index in [0.29, 0.717) is 0 Å². The molecule has 0 aliphatic carbocycles. The summed E-state index contributed by atoms with van der Waals surface area (Å²) in [4.78, 5) is 10.8. The zero-order valence-electron chi connectivity index (χ0n) is 10.6. The molecule has 0 saturated heterocycles. The molecule has 0 aliphatic heterocycles. The molecule has 106 valence electrons. The molecule has 20 heavy (non-hydrogen) atoms. The number of rotatable bonds is 5. The van der Waals surface area contributed by atoms with Crippen LogP contribution in [0, 0.1) is 6.92 Å². The number of aromatic amines is 1. The molecule has 7 nitrogen and oxygen atoms in total. The number of H-pyrrole nitrogens is 1. The third-order valence-electron chi connectivity index (χ3n) is 2.78. The van der Waals surface area contributed by atoms with Crippen molar-refractivity contribution < 1.29 is 18.3 Å². The van der Waals surface area contributed by atoms with E-state index in [1.807, 2.05) is 0 Å². The number of aromatic carboxylic acids is 1. The van der Waals surface area contributed by atoms with Gasteiger partial charge in [0.2, 0.25) is 10.0 Å². The molecule has 0 saturated carbocycles. The number of carboxylic acids is 1. The van der Waals surface area contributed by atoms with Crippen LogP contribution in [0.2, 0.25) is 0 Å². The van der Waals surface area contributed by atoms with Gasteiger partial charge in [-0.1, -0.05) is 6.07 Å². The molecule has 1 aromatic heterocycles. The van der Waals surface area contributed by atoms with E-state index < -0.39 is 16.0 Å². The van der Waals surface area contributed by atoms with Gasteiger partial charge in [-0.05, 0) is 25.1 Å². The maximum absolute atomic E-state index is 12.1. The summed E-state index contributed by atoms with van der Waals surface area (Å²) in [7, 11) is -3.76. The van der Waals surface area contributed by atoms with Crippen molar-refractivity contribution in [2.24, 2.45) is 0 Å². The monoisotopic (exact) mass is 295 g/mol. The van der Waals surface area contributed by atoms with Crippen molar-refractivity contribution in [3.63, 3.8) is 0 Å². The Morgan fingerprint density at radius 2 is 2.20 bits per heavy atom. The molecule has 0 spiro atoms. The molecule has 2 aromatic rings. The van der Waals surface area contributed by atoms with E-state index in [0.717, 1.165) is 17.3 Å². The fourth-order valence-electron chi connectivity index (χ4n) is 1.61. The minimum Gasteiger partial charge on any atom is -0.478 e. The van der Waals surface area contributed by atoms with Crippen LogP contribution in [0.4, 0.5) is 0 Å². The number of benzene rings is 1. The van der Waals surface area contributed by atoms with Gasteiger partial charge in [0, 0.05) is 17.8 Å². The first kappa shape index (κ1) is 14.2. The van der Waals surface area contributed by atoms with Gasteiger partial charge >= 0.3 is 5.97 Å². The first-order valence-electron chi connectivity index (χ1n) is 5.72. The van der Waals surface area contributed by atoms with Crippen LogP contribution < -0.4 is 4.72 Å². The molecule has 0 amide bonds. The topological polar surface area (TPSA) is 112 Å². The number of aryl methyl sites for hydroxylation is 1. The van der Waals surface area contributed by atoms with Crippen molar-refractivity contribution in [3.05, 3.63) is 47.3 Å². The first-order valence-corrected chi connectivity index (χ1v) is 7.20. The third kappa shape index (κ3) is 3.03. The van der Waals surface area contributed by atoms with Crippen LogP contribution in [-0.2, 0) is 16.6 Å². The Balaban J connectivity index is 2.20. The quantitative estimate of drug-likeness (QED) is 0.758. The zero-order valence-corrected chi connectivity index (χ0v) is 11.4. The minimum atomic E-state index is -3.76. The largest absolute Gasteiger partial charge is 0.478 e. The molecule has 8 heteroatoms. The lowest BCUT2D eigenvalue weighted by Gasteiger charge is -2.07. The number of hydrogen-bond acceptors (Lipinski definition) is 4. The summed E-state index contributed by atoms with van der Waals surface area (Å²) < 4.78 is 26.6. The maximum atomic E-state index is 12.1. The molecule has 0 aliphatic rings. The number of sulfonamides is 1. The Bertz CT molecular complexity index is 737. The van der Waals surface area contributed by atoms with Crippen LogP contribution in [0.15, 0.2) is 35.4 Å². The molecular formula is C12H13N3O4S. The van der Waals surface area contributed by atoms with Gasteiger partial charge in [0.25, 0.3) is 0 Å². The smallest absolute Gasteiger partial charge is 0.335 e. The number of carboxylic acid groups (broad SMARTS) is 1. The summed E-state index contributed by atoms with van der Waals surface area (Å²) in [5.74, 6) is -1.17. The highest BCUT2D eigenvalue weighted by atomic mass is 32.2. The molecule has 2 rings (SSSR count). The number of carbonyl (C=O) groups is 1. The van der Waals surface area contributed by atoms with Gasteiger partial charge in [0.1, 0.15) is 0 Å². The van der Waals surface area contributed by atoms with Crippen LogP contribution >= 0.6 is 0 Å². The predicted octanol–water partition coefficient (Wildman–Crippen LogP) is 0.895. The average molecular weight is 295 g/mol. The molecule has 0 atom stereocenters. The normalized spacial score (nSPS) is 11.4. The van der Waals surface area contributed by atoms with Gasteiger partial charge in [0.05, 0.1) is 16.7 Å². The Hall–Kier alpha value is -2.19. The summed E-state index contributed by atoms with van der Waals surface area (Å²) in [5.41, 5.74) is 1.42. The minimum absolute atomic E-state index is 0.0765. The van der Waals surface area contributed by atoms with E-state index in [9.17, 15) is 13.2 Å². The molecular weight excluding hydrogens is 282 g/mol. The van der Waals surface area contributed by atoms with E-state index in [1.165, 1.54) is 24.4 Å². The van der Waals surface area contributed by atoms with Gasteiger partial charge in [-0.25, -0.2) is 17.9 Å². The predicted molar refractivity (Wildman–Crippen MR) is 70.8 cm³/mol. The van der Waals surface area contributed by atoms with Crippen molar-refractivity contribution in [2.75, 3.05) is 0 Å². The summed E-state index contributed by atoms with van der Waals surface area (Å²) in [5, 5.41) is 15.4. The van der Waals surface area contributed by atoms with Gasteiger partial charge in [-0.2, -0.15) is 5.10 Å². The number of aromatic nitrogens is 2. The average Bonchev–Trinajstić information content (AvgIpc) is 2.82. The Kier molecular flexibility index (Phi) is 3.86. The number of hydrogen-bond donors (Lipinski definition) is 3. The van der Waals surface area contributed by atoms with Crippen molar-refractivity contribution in [1.29, 1.82) is 0 Å². The lowest BCUT2D eigenvalue weighted by atomic mass is 10.2. The second kappa shape index (κ2) is 5.43. The second-order valence-electron chi connectivity index (χ2n) is 4.18. The van der Waals surface area contributed by atoms with E-state index in [-0.39, 0.29) is 17.0 Å². The fraction of sp³-hybridized carbons (Fsp3) is 0.167. The van der Waals surface area contributed by atoms with Crippen LogP contribution in [-0.4, -0.2) is 29.7 Å². The van der Waals surface area contributed by atoms with E-state index in [1.54, 1.807) is 6.92 Å². The maximum Gasteiger partial charge on any atom is 0.335 e. The summed E-state index contributed by atoms with van der Waals surface area (Å²) in [6.07, 6.45) is 1.53. The van der Waals surface area contributed by atoms with Crippen LogP contribution in [0.1, 0.15) is 21.6 Å². The highest BCUT2D eigenvalue weighted by molar-refractivity contribution is 7.89. The fourth-order valence-corrected chi connectivity index (χ4v) is 2.66. The Morgan fingerprint density at radius 1 is 1.45 bits per heavy atom. The summed E-state index contributed by atoms with van der Waals surface area (Å²) >= 11 is 0. The van der Waals surface area contributed by atoms with Crippen molar-refractivity contribution in [1.82, 2.24) is 14.9 Å². The molecule has 1 aromatic carbocycles. The molecule has 0 unspecified atom stereocenters. The van der Waals surface area contributed by atoms with Gasteiger partial charge in [-0.15, -0.1) is 0 Å². The van der Waals surface area contributed by atoms with Crippen LogP contribution in [0.25, 0.3) is 0 Å². The third-order valence-corrected chi connectivity index (χ3v) is 4.18. The SMILES string of the molecule is Cc1[nH]ncc1CNS(=O)(=O)c1cccc(C(=O)O)c1. The lowest BCUT2D eigenvalue weighted by Crippen LogP contribution is -2.23. The first-order chi connectivity index (χ1) is 9.40. The van der Waals surface area contributed by atoms with Crippen LogP contribution in [0.5, 0.6) is 0 Å². The Labute approximate surface area is 115 Å². The van der Waals surface area contributed by atoms with Crippen molar-refractivity contribution in [2.45, 2.75) is 18.4 Å². The summed E-state index contributed by atoms with van der Waals surface area (Å²) in [6.45, 7) is 1.86. The molecule has 0 fully saturated rings. The van der Waals surface area contributed by atoms with E-state index in [4.69, 9.17) is 5.11 Å². The summed E-state index contributed by atoms with van der Waals surface area (Å²) in [6, 6.07) is 5.19. The molecule has 3 N–H and O–H groups in total. The van der Waals surface area contributed by atoms with E-state index in [2.05, 4.69) is 14.9 Å². The van der Waals surface area contributed by atoms with Gasteiger partial charge < -0.3 is 5.11 Å². The highest BCUT2D eigenvalue weighted by Gasteiger charge is 2.16. The van der Waals surface area contributed by atoms with Gasteiger partial charge in [-0.3, -0.25) is 5.10 Å². The second-order valence-corrected chi connectivity index (χ2v) is 5.94. The van der Waals surface area contributed by atoms with E-state index >= 15 is 0 Å². The van der Waals surface area contributed by atoms with Gasteiger partial charge in [0.15, 0.2) is 0 Å².